The van der Waals surface area contributed by atoms with E-state index in [1.165, 1.54) is 7.11 Å². The van der Waals surface area contributed by atoms with E-state index < -0.39 is 33.3 Å². The Morgan fingerprint density at radius 1 is 1.09 bits per heavy atom. The highest BCUT2D eigenvalue weighted by Gasteiger charge is 2.50. The molecule has 8 nitrogen and oxygen atoms in total. The molecule has 4 rings (SSSR count). The number of amides is 1. The second-order valence-corrected chi connectivity index (χ2v) is 14.3. The summed E-state index contributed by atoms with van der Waals surface area (Å²) in [4.78, 5) is 19.0. The van der Waals surface area contributed by atoms with Crippen LogP contribution in [0.25, 0.3) is 11.1 Å². The lowest BCUT2D eigenvalue weighted by Gasteiger charge is -2.31. The summed E-state index contributed by atoms with van der Waals surface area (Å²) in [6, 6.07) is 14.8. The summed E-state index contributed by atoms with van der Waals surface area (Å²) in [5.74, 6) is -1.75. The molecule has 0 bridgehead atoms. The first-order valence-corrected chi connectivity index (χ1v) is 17.0. The number of hydrogen-bond acceptors (Lipinski definition) is 7. The lowest BCUT2D eigenvalue weighted by Crippen LogP contribution is -2.47. The first-order valence-electron chi connectivity index (χ1n) is 15.1. The zero-order valence-corrected chi connectivity index (χ0v) is 27.8. The molecular formula is C34H43F2N3O5S. The van der Waals surface area contributed by atoms with Crippen molar-refractivity contribution in [1.29, 1.82) is 0 Å². The van der Waals surface area contributed by atoms with Gasteiger partial charge in [0.05, 0.1) is 19.6 Å². The predicted octanol–water partition coefficient (Wildman–Crippen LogP) is 6.39. The molecule has 1 fully saturated rings. The van der Waals surface area contributed by atoms with Gasteiger partial charge in [0, 0.05) is 36.2 Å². The van der Waals surface area contributed by atoms with E-state index in [9.17, 15) is 13.2 Å². The van der Waals surface area contributed by atoms with Crippen molar-refractivity contribution in [3.63, 3.8) is 0 Å². The number of methoxy groups -OCH3 is 1. The second-order valence-electron chi connectivity index (χ2n) is 12.5. The van der Waals surface area contributed by atoms with Crippen LogP contribution in [0.15, 0.2) is 54.7 Å². The molecule has 0 aliphatic heterocycles. The Labute approximate surface area is 265 Å². The molecule has 1 aliphatic carbocycles. The zero-order valence-electron chi connectivity index (χ0n) is 26.9. The molecule has 2 aromatic carbocycles. The number of halogens is 2. The van der Waals surface area contributed by atoms with Crippen LogP contribution in [0.3, 0.4) is 0 Å². The average Bonchev–Trinajstić information content (AvgIpc) is 3.79. The molecule has 2 atom stereocenters. The molecule has 1 saturated carbocycles. The zero-order chi connectivity index (χ0) is 33.1. The van der Waals surface area contributed by atoms with Crippen molar-refractivity contribution in [3.8, 4) is 22.8 Å². The van der Waals surface area contributed by atoms with Crippen LogP contribution in [-0.4, -0.2) is 55.3 Å². The largest absolute Gasteiger partial charge is 0.489 e. The Morgan fingerprint density at radius 3 is 2.38 bits per heavy atom. The van der Waals surface area contributed by atoms with E-state index in [2.05, 4.69) is 37.6 Å². The fraction of sp³-hybridized carbons (Fsp3) is 0.471. The lowest BCUT2D eigenvalue weighted by atomic mass is 9.80. The normalized spacial score (nSPS) is 15.6. The van der Waals surface area contributed by atoms with E-state index in [1.807, 2.05) is 18.2 Å². The minimum atomic E-state index is -3.92. The number of aromatic nitrogens is 1. The van der Waals surface area contributed by atoms with Gasteiger partial charge in [-0.25, -0.2) is 22.2 Å². The van der Waals surface area contributed by atoms with Gasteiger partial charge in [0.15, 0.2) is 5.67 Å². The van der Waals surface area contributed by atoms with Gasteiger partial charge in [-0.2, -0.15) is 0 Å². The third-order valence-corrected chi connectivity index (χ3v) is 8.76. The van der Waals surface area contributed by atoms with Crippen molar-refractivity contribution in [2.24, 2.45) is 5.92 Å². The smallest absolute Gasteiger partial charge is 0.271 e. The van der Waals surface area contributed by atoms with Crippen molar-refractivity contribution in [2.45, 2.75) is 84.3 Å². The Hall–Kier alpha value is -3.57. The summed E-state index contributed by atoms with van der Waals surface area (Å²) in [5, 5.41) is 0. The minimum Gasteiger partial charge on any atom is -0.489 e. The summed E-state index contributed by atoms with van der Waals surface area (Å²) in [6.45, 7) is 10.4. The highest BCUT2D eigenvalue weighted by molar-refractivity contribution is 7.89. The van der Waals surface area contributed by atoms with Crippen LogP contribution < -0.4 is 14.2 Å². The van der Waals surface area contributed by atoms with E-state index >= 15 is 8.78 Å². The number of hydrogen-bond donors (Lipinski definition) is 1. The quantitative estimate of drug-likeness (QED) is 0.217. The van der Waals surface area contributed by atoms with Gasteiger partial charge in [-0.1, -0.05) is 30.3 Å². The molecule has 1 aromatic heterocycles. The van der Waals surface area contributed by atoms with Gasteiger partial charge < -0.3 is 9.47 Å². The Balaban J connectivity index is 1.62. The maximum atomic E-state index is 16.0. The third kappa shape index (κ3) is 8.58. The van der Waals surface area contributed by atoms with E-state index in [-0.39, 0.29) is 24.6 Å². The van der Waals surface area contributed by atoms with Gasteiger partial charge in [-0.05, 0) is 87.8 Å². The summed E-state index contributed by atoms with van der Waals surface area (Å²) in [7, 11) is -2.43. The van der Waals surface area contributed by atoms with Crippen molar-refractivity contribution < 1.29 is 31.5 Å². The SMILES string of the molecule is COc1cc(-c2ccc(COc3cccc(C(C4CC4)[C@@](C)(F)C(=O)NS(C)(=O)=O)c3)cc2CN(C(C)C)C(C)C)c(F)cn1. The molecule has 1 heterocycles. The lowest BCUT2D eigenvalue weighted by molar-refractivity contribution is -0.131. The molecule has 0 spiro atoms. The van der Waals surface area contributed by atoms with E-state index in [0.717, 1.165) is 48.9 Å². The van der Waals surface area contributed by atoms with Gasteiger partial charge in [-0.15, -0.1) is 0 Å². The van der Waals surface area contributed by atoms with Crippen molar-refractivity contribution >= 4 is 15.9 Å². The standard InChI is InChI=1S/C34H43F2N3O5S/c1-21(2)39(22(3)4)19-26-15-23(11-14-28(26)29-17-31(43-6)37-18-30(29)35)20-44-27-10-8-9-25(16-27)32(24-12-13-24)34(5,36)33(40)38-45(7,41)42/h8-11,14-18,21-22,24,32H,12-13,19-20H2,1-7H3,(H,38,40)/t32?,34-/m1/s1. The van der Waals surface area contributed by atoms with Crippen molar-refractivity contribution in [2.75, 3.05) is 13.4 Å². The topological polar surface area (TPSA) is 97.8 Å². The van der Waals surface area contributed by atoms with Crippen LogP contribution in [0.1, 0.15) is 70.1 Å². The van der Waals surface area contributed by atoms with Crippen molar-refractivity contribution in [3.05, 3.63) is 77.2 Å². The second kappa shape index (κ2) is 13.8. The molecule has 0 saturated heterocycles. The van der Waals surface area contributed by atoms with Crippen LogP contribution in [0.2, 0.25) is 0 Å². The Kier molecular flexibility index (Phi) is 10.5. The van der Waals surface area contributed by atoms with E-state index in [0.29, 0.717) is 29.3 Å². The van der Waals surface area contributed by atoms with Gasteiger partial charge in [0.25, 0.3) is 5.91 Å². The van der Waals surface area contributed by atoms with Gasteiger partial charge in [-0.3, -0.25) is 14.4 Å². The molecule has 0 radical (unpaired) electrons. The van der Waals surface area contributed by atoms with E-state index in [4.69, 9.17) is 9.47 Å². The molecule has 11 heteroatoms. The number of alkyl halides is 1. The monoisotopic (exact) mass is 643 g/mol. The molecule has 1 aliphatic rings. The van der Waals surface area contributed by atoms with Crippen LogP contribution in [0, 0.1) is 11.7 Å². The number of ether oxygens (including phenoxy) is 2. The molecule has 1 N–H and O–H groups in total. The molecule has 45 heavy (non-hydrogen) atoms. The van der Waals surface area contributed by atoms with E-state index in [1.54, 1.807) is 35.1 Å². The average molecular weight is 644 g/mol. The fourth-order valence-electron chi connectivity index (χ4n) is 5.86. The molecule has 1 amide bonds. The summed E-state index contributed by atoms with van der Waals surface area (Å²) in [5.41, 5.74) is 1.01. The number of pyridine rings is 1. The Morgan fingerprint density at radius 2 is 1.78 bits per heavy atom. The molecule has 1 unspecified atom stereocenters. The number of carbonyl (C=O) groups is 1. The molecule has 3 aromatic rings. The minimum absolute atomic E-state index is 0.0901. The molecular weight excluding hydrogens is 600 g/mol. The Bertz CT molecular complexity index is 1620. The van der Waals surface area contributed by atoms with Crippen LogP contribution in [0.5, 0.6) is 11.6 Å². The van der Waals surface area contributed by atoms with Gasteiger partial charge >= 0.3 is 0 Å². The third-order valence-electron chi connectivity index (χ3n) is 8.20. The highest BCUT2D eigenvalue weighted by Crippen LogP contribution is 2.50. The molecule has 244 valence electrons. The maximum Gasteiger partial charge on any atom is 0.271 e. The number of benzene rings is 2. The summed E-state index contributed by atoms with van der Waals surface area (Å²) in [6.07, 6.45) is 3.47. The number of nitrogens with one attached hydrogen (secondary N) is 1. The van der Waals surface area contributed by atoms with Crippen molar-refractivity contribution in [1.82, 2.24) is 14.6 Å². The van der Waals surface area contributed by atoms with Crippen LogP contribution in [0.4, 0.5) is 8.78 Å². The number of nitrogens with zero attached hydrogens (tertiary/aromatic N) is 2. The number of carbonyl (C=O) groups excluding carboxylic acids is 1. The fourth-order valence-corrected chi connectivity index (χ4v) is 6.39. The number of sulfonamides is 1. The van der Waals surface area contributed by atoms with Gasteiger partial charge in [0.1, 0.15) is 18.2 Å². The maximum absolute atomic E-state index is 16.0. The number of rotatable bonds is 14. The predicted molar refractivity (Wildman–Crippen MR) is 171 cm³/mol. The first kappa shape index (κ1) is 34.3. The summed E-state index contributed by atoms with van der Waals surface area (Å²) >= 11 is 0. The first-order chi connectivity index (χ1) is 21.1. The summed E-state index contributed by atoms with van der Waals surface area (Å²) < 4.78 is 67.6. The van der Waals surface area contributed by atoms with Crippen LogP contribution in [-0.2, 0) is 28.0 Å². The highest BCUT2D eigenvalue weighted by atomic mass is 32.2. The van der Waals surface area contributed by atoms with Gasteiger partial charge in [0.2, 0.25) is 15.9 Å². The van der Waals surface area contributed by atoms with Crippen LogP contribution >= 0.6 is 0 Å².